The summed E-state index contributed by atoms with van der Waals surface area (Å²) in [5.74, 6) is -0.379. The predicted molar refractivity (Wildman–Crippen MR) is 82.3 cm³/mol. The second-order valence-corrected chi connectivity index (χ2v) is 5.48. The van der Waals surface area contributed by atoms with E-state index in [0.29, 0.717) is 35.1 Å². The second kappa shape index (κ2) is 8.87. The topological polar surface area (TPSA) is 78.4 Å². The molecule has 1 aromatic rings. The average molecular weight is 333 g/mol. The molecule has 3 N–H and O–H groups in total. The van der Waals surface area contributed by atoms with Gasteiger partial charge in [0.1, 0.15) is 0 Å². The molecule has 2 amide bonds. The van der Waals surface area contributed by atoms with E-state index in [4.69, 9.17) is 23.2 Å². The number of aliphatic hydroxyl groups excluding tert-OH is 1. The molecular weight excluding hydrogens is 315 g/mol. The molecule has 1 aromatic carbocycles. The Hall–Kier alpha value is -1.30. The van der Waals surface area contributed by atoms with Crippen molar-refractivity contribution in [3.05, 3.63) is 33.8 Å². The van der Waals surface area contributed by atoms with Crippen molar-refractivity contribution in [2.24, 2.45) is 0 Å². The number of nitrogens with one attached hydrogen (secondary N) is 2. The molecule has 7 heteroatoms. The lowest BCUT2D eigenvalue weighted by molar-refractivity contribution is -0.123. The molecule has 0 spiro atoms. The van der Waals surface area contributed by atoms with Crippen LogP contribution >= 0.6 is 23.2 Å². The molecule has 0 aliphatic heterocycles. The maximum absolute atomic E-state index is 11.7. The summed E-state index contributed by atoms with van der Waals surface area (Å²) in [6.07, 6.45) is -0.405. The Morgan fingerprint density at radius 1 is 1.14 bits per heavy atom. The van der Waals surface area contributed by atoms with Gasteiger partial charge in [0.2, 0.25) is 11.8 Å². The predicted octanol–water partition coefficient (Wildman–Crippen LogP) is 2.06. The van der Waals surface area contributed by atoms with Crippen LogP contribution in [0.15, 0.2) is 18.2 Å². The Bertz CT molecular complexity index is 489. The van der Waals surface area contributed by atoms with E-state index in [1.165, 1.54) is 6.92 Å². The number of rotatable bonds is 7. The van der Waals surface area contributed by atoms with E-state index in [1.54, 1.807) is 18.2 Å². The van der Waals surface area contributed by atoms with Crippen LogP contribution in [0.2, 0.25) is 10.0 Å². The minimum absolute atomic E-state index is 0.0726. The van der Waals surface area contributed by atoms with Gasteiger partial charge < -0.3 is 15.7 Å². The van der Waals surface area contributed by atoms with Crippen molar-refractivity contribution in [1.82, 2.24) is 10.6 Å². The molecule has 0 saturated carbocycles. The van der Waals surface area contributed by atoms with Gasteiger partial charge in [-0.3, -0.25) is 9.59 Å². The van der Waals surface area contributed by atoms with Crippen molar-refractivity contribution in [1.29, 1.82) is 0 Å². The van der Waals surface area contributed by atoms with E-state index >= 15 is 0 Å². The molecule has 0 fully saturated rings. The summed E-state index contributed by atoms with van der Waals surface area (Å²) in [5, 5.41) is 16.1. The number of amides is 2. The van der Waals surface area contributed by atoms with Crippen molar-refractivity contribution in [2.45, 2.75) is 25.9 Å². The quantitative estimate of drug-likeness (QED) is 0.669. The molecule has 0 aliphatic carbocycles. The first-order valence-electron chi connectivity index (χ1n) is 6.53. The highest BCUT2D eigenvalue weighted by atomic mass is 35.5. The molecule has 0 bridgehead atoms. The molecule has 21 heavy (non-hydrogen) atoms. The van der Waals surface area contributed by atoms with Gasteiger partial charge >= 0.3 is 0 Å². The molecule has 0 radical (unpaired) electrons. The van der Waals surface area contributed by atoms with Crippen LogP contribution in [-0.2, 0) is 9.59 Å². The molecule has 1 atom stereocenters. The first kappa shape index (κ1) is 17.8. The number of carbonyl (C=O) groups excluding carboxylic acids is 2. The monoisotopic (exact) mass is 332 g/mol. The van der Waals surface area contributed by atoms with Gasteiger partial charge in [0.15, 0.2) is 0 Å². The normalized spacial score (nSPS) is 11.8. The van der Waals surface area contributed by atoms with E-state index in [9.17, 15) is 14.7 Å². The number of aliphatic hydroxyl groups is 1. The Morgan fingerprint density at radius 3 is 2.29 bits per heavy atom. The molecule has 0 heterocycles. The van der Waals surface area contributed by atoms with Crippen molar-refractivity contribution >= 4 is 35.0 Å². The van der Waals surface area contributed by atoms with Gasteiger partial charge in [0, 0.05) is 30.1 Å². The first-order chi connectivity index (χ1) is 9.88. The van der Waals surface area contributed by atoms with Gasteiger partial charge in [-0.05, 0) is 30.2 Å². The smallest absolute Gasteiger partial charge is 0.222 e. The van der Waals surface area contributed by atoms with Crippen LogP contribution in [0.1, 0.15) is 31.4 Å². The zero-order chi connectivity index (χ0) is 15.8. The number of halogens is 2. The molecule has 1 rings (SSSR count). The minimum Gasteiger partial charge on any atom is -0.388 e. The van der Waals surface area contributed by atoms with Crippen LogP contribution in [0.25, 0.3) is 0 Å². The standard InChI is InChI=1S/C14H18Cl2N2O3/c1-9(19)17-3-2-4-18-14(21)8-13(20)10-5-11(15)7-12(16)6-10/h5-7,13,20H,2-4,8H2,1H3,(H,17,19)(H,18,21). The van der Waals surface area contributed by atoms with Crippen molar-refractivity contribution < 1.29 is 14.7 Å². The van der Waals surface area contributed by atoms with Crippen LogP contribution in [0.3, 0.4) is 0 Å². The van der Waals surface area contributed by atoms with Gasteiger partial charge in [-0.2, -0.15) is 0 Å². The van der Waals surface area contributed by atoms with Gasteiger partial charge in [-0.1, -0.05) is 23.2 Å². The second-order valence-electron chi connectivity index (χ2n) is 4.61. The highest BCUT2D eigenvalue weighted by Gasteiger charge is 2.14. The number of hydrogen-bond acceptors (Lipinski definition) is 3. The van der Waals surface area contributed by atoms with Crippen LogP contribution in [0.5, 0.6) is 0 Å². The molecular formula is C14H18Cl2N2O3. The third-order valence-electron chi connectivity index (χ3n) is 2.70. The van der Waals surface area contributed by atoms with Gasteiger partial charge in [0.05, 0.1) is 12.5 Å². The largest absolute Gasteiger partial charge is 0.388 e. The van der Waals surface area contributed by atoms with Gasteiger partial charge in [-0.25, -0.2) is 0 Å². The summed E-state index contributed by atoms with van der Waals surface area (Å²) >= 11 is 11.7. The third kappa shape index (κ3) is 7.32. The molecule has 1 unspecified atom stereocenters. The lowest BCUT2D eigenvalue weighted by atomic mass is 10.1. The molecule has 0 aliphatic rings. The Kier molecular flexibility index (Phi) is 7.50. The fourth-order valence-electron chi connectivity index (χ4n) is 1.71. The minimum atomic E-state index is -0.962. The number of carbonyl (C=O) groups is 2. The fourth-order valence-corrected chi connectivity index (χ4v) is 2.26. The summed E-state index contributed by atoms with van der Waals surface area (Å²) in [6.45, 7) is 2.37. The van der Waals surface area contributed by atoms with E-state index < -0.39 is 6.10 Å². The van der Waals surface area contributed by atoms with Crippen molar-refractivity contribution in [3.8, 4) is 0 Å². The van der Waals surface area contributed by atoms with Crippen LogP contribution < -0.4 is 10.6 Å². The third-order valence-corrected chi connectivity index (χ3v) is 3.13. The maximum Gasteiger partial charge on any atom is 0.222 e. The zero-order valence-corrected chi connectivity index (χ0v) is 13.2. The Balaban J connectivity index is 2.35. The van der Waals surface area contributed by atoms with Crippen LogP contribution in [0.4, 0.5) is 0 Å². The molecule has 0 aromatic heterocycles. The van der Waals surface area contributed by atoms with E-state index in [0.717, 1.165) is 0 Å². The first-order valence-corrected chi connectivity index (χ1v) is 7.29. The van der Waals surface area contributed by atoms with Crippen LogP contribution in [0, 0.1) is 0 Å². The summed E-state index contributed by atoms with van der Waals surface area (Å²) in [4.78, 5) is 22.3. The molecule has 116 valence electrons. The van der Waals surface area contributed by atoms with Crippen molar-refractivity contribution in [3.63, 3.8) is 0 Å². The maximum atomic E-state index is 11.7. The average Bonchev–Trinajstić information content (AvgIpc) is 2.36. The lowest BCUT2D eigenvalue weighted by Gasteiger charge is -2.12. The zero-order valence-electron chi connectivity index (χ0n) is 11.7. The summed E-state index contributed by atoms with van der Waals surface area (Å²) < 4.78 is 0. The summed E-state index contributed by atoms with van der Waals surface area (Å²) in [5.41, 5.74) is 0.501. The Morgan fingerprint density at radius 2 is 1.71 bits per heavy atom. The van der Waals surface area contributed by atoms with Gasteiger partial charge in [0.25, 0.3) is 0 Å². The summed E-state index contributed by atoms with van der Waals surface area (Å²) in [7, 11) is 0. The van der Waals surface area contributed by atoms with E-state index in [2.05, 4.69) is 10.6 Å². The lowest BCUT2D eigenvalue weighted by Crippen LogP contribution is -2.29. The fraction of sp³-hybridized carbons (Fsp3) is 0.429. The Labute approximate surface area is 133 Å². The highest BCUT2D eigenvalue weighted by molar-refractivity contribution is 6.34. The highest BCUT2D eigenvalue weighted by Crippen LogP contribution is 2.25. The number of hydrogen-bond donors (Lipinski definition) is 3. The number of benzene rings is 1. The van der Waals surface area contributed by atoms with Gasteiger partial charge in [-0.15, -0.1) is 0 Å². The molecule has 5 nitrogen and oxygen atoms in total. The van der Waals surface area contributed by atoms with Crippen LogP contribution in [-0.4, -0.2) is 30.0 Å². The van der Waals surface area contributed by atoms with Crippen molar-refractivity contribution in [2.75, 3.05) is 13.1 Å². The molecule has 0 saturated heterocycles. The summed E-state index contributed by atoms with van der Waals surface area (Å²) in [6, 6.07) is 4.70. The van der Waals surface area contributed by atoms with E-state index in [1.807, 2.05) is 0 Å². The SMILES string of the molecule is CC(=O)NCCCNC(=O)CC(O)c1cc(Cl)cc(Cl)c1. The van der Waals surface area contributed by atoms with E-state index in [-0.39, 0.29) is 18.2 Å².